The SMILES string of the molecule is CSc1nnc(Sc2ccc(C(C)=O)c([N+](=O)[O-])c2)s1. The van der Waals surface area contributed by atoms with E-state index in [0.29, 0.717) is 9.24 Å². The molecule has 6 nitrogen and oxygen atoms in total. The minimum atomic E-state index is -0.547. The lowest BCUT2D eigenvalue weighted by atomic mass is 10.1. The fraction of sp³-hybridized carbons (Fsp3) is 0.182. The van der Waals surface area contributed by atoms with E-state index in [0.717, 1.165) is 4.34 Å². The highest BCUT2D eigenvalue weighted by atomic mass is 32.2. The van der Waals surface area contributed by atoms with Crippen LogP contribution in [0.15, 0.2) is 31.8 Å². The summed E-state index contributed by atoms with van der Waals surface area (Å²) >= 11 is 4.20. The molecule has 0 fully saturated rings. The number of rotatable bonds is 5. The van der Waals surface area contributed by atoms with Crippen LogP contribution in [0.1, 0.15) is 17.3 Å². The summed E-state index contributed by atoms with van der Waals surface area (Å²) in [7, 11) is 0. The molecule has 0 unspecified atom stereocenters. The summed E-state index contributed by atoms with van der Waals surface area (Å²) in [6.45, 7) is 1.31. The van der Waals surface area contributed by atoms with Gasteiger partial charge in [-0.1, -0.05) is 34.9 Å². The van der Waals surface area contributed by atoms with Crippen molar-refractivity contribution in [2.45, 2.75) is 20.5 Å². The van der Waals surface area contributed by atoms with E-state index in [1.165, 1.54) is 53.9 Å². The molecule has 0 saturated carbocycles. The van der Waals surface area contributed by atoms with Crippen LogP contribution in [0.4, 0.5) is 5.69 Å². The lowest BCUT2D eigenvalue weighted by Crippen LogP contribution is -2.00. The van der Waals surface area contributed by atoms with E-state index in [2.05, 4.69) is 10.2 Å². The van der Waals surface area contributed by atoms with Crippen molar-refractivity contribution in [1.82, 2.24) is 10.2 Å². The van der Waals surface area contributed by atoms with Gasteiger partial charge in [-0.05, 0) is 25.3 Å². The van der Waals surface area contributed by atoms with Gasteiger partial charge in [0.15, 0.2) is 14.5 Å². The average molecular weight is 327 g/mol. The Morgan fingerprint density at radius 3 is 2.60 bits per heavy atom. The molecule has 0 amide bonds. The monoisotopic (exact) mass is 327 g/mol. The van der Waals surface area contributed by atoms with Crippen molar-refractivity contribution in [2.75, 3.05) is 6.26 Å². The maximum atomic E-state index is 11.3. The van der Waals surface area contributed by atoms with Crippen LogP contribution in [0.2, 0.25) is 0 Å². The van der Waals surface area contributed by atoms with Crippen molar-refractivity contribution in [3.8, 4) is 0 Å². The lowest BCUT2D eigenvalue weighted by Gasteiger charge is -2.01. The number of nitro benzene ring substituents is 1. The molecule has 2 aromatic rings. The second-order valence-electron chi connectivity index (χ2n) is 3.63. The maximum absolute atomic E-state index is 11.3. The van der Waals surface area contributed by atoms with Crippen molar-refractivity contribution in [2.24, 2.45) is 0 Å². The molecule has 0 N–H and O–H groups in total. The number of hydrogen-bond acceptors (Lipinski definition) is 8. The van der Waals surface area contributed by atoms with Gasteiger partial charge in [-0.15, -0.1) is 10.2 Å². The molecule has 9 heteroatoms. The van der Waals surface area contributed by atoms with E-state index in [1.54, 1.807) is 6.07 Å². The van der Waals surface area contributed by atoms with Gasteiger partial charge in [0.2, 0.25) is 0 Å². The molecule has 1 aromatic heterocycles. The number of carbonyl (C=O) groups is 1. The molecular weight excluding hydrogens is 318 g/mol. The van der Waals surface area contributed by atoms with Crippen molar-refractivity contribution < 1.29 is 9.72 Å². The summed E-state index contributed by atoms with van der Waals surface area (Å²) < 4.78 is 1.54. The Morgan fingerprint density at radius 1 is 1.35 bits per heavy atom. The maximum Gasteiger partial charge on any atom is 0.281 e. The lowest BCUT2D eigenvalue weighted by molar-refractivity contribution is -0.385. The molecule has 0 atom stereocenters. The summed E-state index contributed by atoms with van der Waals surface area (Å²) in [5, 5.41) is 18.9. The highest BCUT2D eigenvalue weighted by Crippen LogP contribution is 2.35. The molecule has 104 valence electrons. The third-order valence-corrected chi connectivity index (χ3v) is 5.25. The third kappa shape index (κ3) is 3.35. The Kier molecular flexibility index (Phi) is 4.73. The fourth-order valence-corrected chi connectivity index (χ4v) is 3.89. The predicted octanol–water partition coefficient (Wildman–Crippen LogP) is 3.52. The van der Waals surface area contributed by atoms with Gasteiger partial charge in [-0.25, -0.2) is 0 Å². The van der Waals surface area contributed by atoms with Crippen LogP contribution in [0.3, 0.4) is 0 Å². The van der Waals surface area contributed by atoms with Crippen molar-refractivity contribution in [3.63, 3.8) is 0 Å². The zero-order valence-corrected chi connectivity index (χ0v) is 13.0. The first-order valence-electron chi connectivity index (χ1n) is 5.36. The number of hydrogen-bond donors (Lipinski definition) is 0. The van der Waals surface area contributed by atoms with E-state index in [1.807, 2.05) is 6.26 Å². The standard InChI is InChI=1S/C11H9N3O3S3/c1-6(15)8-4-3-7(5-9(8)14(16)17)19-11-13-12-10(18-2)20-11/h3-5H,1-2H3. The summed E-state index contributed by atoms with van der Waals surface area (Å²) in [5.41, 5.74) is -0.0708. The van der Waals surface area contributed by atoms with Crippen molar-refractivity contribution in [3.05, 3.63) is 33.9 Å². The normalized spacial score (nSPS) is 10.5. The first-order valence-corrected chi connectivity index (χ1v) is 8.21. The second-order valence-corrected chi connectivity index (χ2v) is 6.98. The first-order chi connectivity index (χ1) is 9.51. The summed E-state index contributed by atoms with van der Waals surface area (Å²) in [4.78, 5) is 22.5. The summed E-state index contributed by atoms with van der Waals surface area (Å²) in [6, 6.07) is 4.54. The number of Topliss-reactive ketones (excluding diaryl/α,β-unsaturated/α-hetero) is 1. The van der Waals surface area contributed by atoms with Gasteiger partial charge in [0.25, 0.3) is 5.69 Å². The van der Waals surface area contributed by atoms with Gasteiger partial charge >= 0.3 is 0 Å². The molecule has 0 aliphatic rings. The molecule has 0 bridgehead atoms. The van der Waals surface area contributed by atoms with Crippen LogP contribution >= 0.6 is 34.9 Å². The van der Waals surface area contributed by atoms with E-state index in [-0.39, 0.29) is 17.0 Å². The quantitative estimate of drug-likeness (QED) is 0.359. The van der Waals surface area contributed by atoms with Gasteiger partial charge in [0.05, 0.1) is 10.5 Å². The van der Waals surface area contributed by atoms with E-state index in [4.69, 9.17) is 0 Å². The van der Waals surface area contributed by atoms with Gasteiger partial charge < -0.3 is 0 Å². The van der Waals surface area contributed by atoms with Crippen LogP contribution in [-0.2, 0) is 0 Å². The predicted molar refractivity (Wildman–Crippen MR) is 78.9 cm³/mol. The topological polar surface area (TPSA) is 86.0 Å². The van der Waals surface area contributed by atoms with Gasteiger partial charge in [0, 0.05) is 11.0 Å². The van der Waals surface area contributed by atoms with E-state index < -0.39 is 4.92 Å². The fourth-order valence-electron chi connectivity index (χ4n) is 1.45. The smallest absolute Gasteiger partial charge is 0.281 e. The number of ketones is 1. The zero-order chi connectivity index (χ0) is 14.7. The molecule has 1 heterocycles. The molecule has 2 rings (SSSR count). The highest BCUT2D eigenvalue weighted by molar-refractivity contribution is 8.03. The molecular formula is C11H9N3O3S3. The Balaban J connectivity index is 2.31. The number of thioether (sulfide) groups is 1. The largest absolute Gasteiger partial charge is 0.294 e. The van der Waals surface area contributed by atoms with Crippen molar-refractivity contribution >= 4 is 46.3 Å². The number of benzene rings is 1. The Hall–Kier alpha value is -1.45. The summed E-state index contributed by atoms with van der Waals surface area (Å²) in [5.74, 6) is -0.325. The average Bonchev–Trinajstić information content (AvgIpc) is 2.86. The number of nitrogens with zero attached hydrogens (tertiary/aromatic N) is 3. The highest BCUT2D eigenvalue weighted by Gasteiger charge is 2.18. The number of nitro groups is 1. The van der Waals surface area contributed by atoms with E-state index >= 15 is 0 Å². The molecule has 0 saturated heterocycles. The van der Waals surface area contributed by atoms with Crippen LogP contribution < -0.4 is 0 Å². The second kappa shape index (κ2) is 6.33. The molecule has 20 heavy (non-hydrogen) atoms. The number of carbonyl (C=O) groups excluding carboxylic acids is 1. The van der Waals surface area contributed by atoms with E-state index in [9.17, 15) is 14.9 Å². The molecule has 0 radical (unpaired) electrons. The Morgan fingerprint density at radius 2 is 2.05 bits per heavy atom. The van der Waals surface area contributed by atoms with Crippen LogP contribution in [0, 0.1) is 10.1 Å². The Labute approximate surface area is 127 Å². The minimum absolute atomic E-state index is 0.112. The van der Waals surface area contributed by atoms with Gasteiger partial charge in [0.1, 0.15) is 0 Å². The molecule has 0 aliphatic carbocycles. The van der Waals surface area contributed by atoms with Gasteiger partial charge in [-0.3, -0.25) is 14.9 Å². The summed E-state index contributed by atoms with van der Waals surface area (Å²) in [6.07, 6.45) is 1.90. The molecule has 0 aliphatic heterocycles. The number of aromatic nitrogens is 2. The first kappa shape index (κ1) is 14.9. The minimum Gasteiger partial charge on any atom is -0.294 e. The van der Waals surface area contributed by atoms with Crippen LogP contribution in [0.25, 0.3) is 0 Å². The molecule has 1 aromatic carbocycles. The third-order valence-electron chi connectivity index (χ3n) is 2.31. The zero-order valence-electron chi connectivity index (χ0n) is 10.5. The molecule has 0 spiro atoms. The van der Waals surface area contributed by atoms with Gasteiger partial charge in [-0.2, -0.15) is 0 Å². The van der Waals surface area contributed by atoms with Crippen molar-refractivity contribution in [1.29, 1.82) is 0 Å². The van der Waals surface area contributed by atoms with Crippen LogP contribution in [0.5, 0.6) is 0 Å². The Bertz CT molecular complexity index is 672. The van der Waals surface area contributed by atoms with Crippen LogP contribution in [-0.4, -0.2) is 27.2 Å².